The molecule has 1 aromatic carbocycles. The number of amides is 1. The van der Waals surface area contributed by atoms with Gasteiger partial charge in [-0.1, -0.05) is 38.8 Å². The van der Waals surface area contributed by atoms with Gasteiger partial charge in [0.25, 0.3) is 0 Å². The van der Waals surface area contributed by atoms with Gasteiger partial charge in [-0.25, -0.2) is 0 Å². The monoisotopic (exact) mass is 247 g/mol. The van der Waals surface area contributed by atoms with Crippen molar-refractivity contribution in [2.45, 2.75) is 39.5 Å². The molecule has 0 fully saturated rings. The summed E-state index contributed by atoms with van der Waals surface area (Å²) in [5.41, 5.74) is 6.22. The molecule has 1 amide bonds. The van der Waals surface area contributed by atoms with Crippen LogP contribution in [0.5, 0.6) is 0 Å². The van der Waals surface area contributed by atoms with Gasteiger partial charge in [0, 0.05) is 17.0 Å². The first kappa shape index (κ1) is 14.4. The van der Waals surface area contributed by atoms with E-state index in [1.54, 1.807) is 24.3 Å². The summed E-state index contributed by atoms with van der Waals surface area (Å²) in [4.78, 5) is 23.5. The van der Waals surface area contributed by atoms with Crippen molar-refractivity contribution in [3.05, 3.63) is 35.4 Å². The van der Waals surface area contributed by atoms with Gasteiger partial charge in [0.2, 0.25) is 5.91 Å². The van der Waals surface area contributed by atoms with Crippen molar-refractivity contribution >= 4 is 11.7 Å². The number of carbonyl (C=O) groups excluding carboxylic acids is 2. The van der Waals surface area contributed by atoms with Crippen LogP contribution in [-0.2, 0) is 0 Å². The maximum Gasteiger partial charge on any atom is 0.248 e. The second-order valence-electron chi connectivity index (χ2n) is 4.58. The lowest BCUT2D eigenvalue weighted by Gasteiger charge is -2.14. The Morgan fingerprint density at radius 3 is 2.17 bits per heavy atom. The molecule has 0 atom stereocenters. The number of benzene rings is 1. The molecule has 0 aromatic heterocycles. The van der Waals surface area contributed by atoms with Gasteiger partial charge >= 0.3 is 0 Å². The highest BCUT2D eigenvalue weighted by Gasteiger charge is 2.18. The quantitative estimate of drug-likeness (QED) is 0.752. The van der Waals surface area contributed by atoms with Crippen LogP contribution in [0.4, 0.5) is 0 Å². The number of hydrogen-bond donors (Lipinski definition) is 1. The van der Waals surface area contributed by atoms with Crippen LogP contribution in [-0.4, -0.2) is 11.7 Å². The zero-order chi connectivity index (χ0) is 13.5. The predicted molar refractivity (Wildman–Crippen MR) is 72.6 cm³/mol. The van der Waals surface area contributed by atoms with Gasteiger partial charge in [-0.3, -0.25) is 9.59 Å². The first-order valence-corrected chi connectivity index (χ1v) is 6.54. The molecule has 18 heavy (non-hydrogen) atoms. The predicted octanol–water partition coefficient (Wildman–Crippen LogP) is 3.18. The number of primary amides is 1. The molecule has 0 bridgehead atoms. The molecule has 0 heterocycles. The van der Waals surface area contributed by atoms with E-state index < -0.39 is 5.91 Å². The number of Topliss-reactive ketones (excluding diaryl/α,β-unsaturated/α-hetero) is 1. The number of rotatable bonds is 7. The van der Waals surface area contributed by atoms with Gasteiger partial charge < -0.3 is 5.73 Å². The third kappa shape index (κ3) is 3.69. The molecule has 0 aliphatic heterocycles. The summed E-state index contributed by atoms with van der Waals surface area (Å²) in [6, 6.07) is 6.70. The molecule has 2 N–H and O–H groups in total. The third-order valence-electron chi connectivity index (χ3n) is 3.08. The molecular weight excluding hydrogens is 226 g/mol. The van der Waals surface area contributed by atoms with Crippen molar-refractivity contribution in [1.82, 2.24) is 0 Å². The maximum atomic E-state index is 12.3. The van der Waals surface area contributed by atoms with E-state index in [0.717, 1.165) is 25.7 Å². The molecule has 1 rings (SSSR count). The summed E-state index contributed by atoms with van der Waals surface area (Å²) in [6.45, 7) is 4.16. The van der Waals surface area contributed by atoms with E-state index in [0.29, 0.717) is 11.1 Å². The molecule has 0 aliphatic rings. The average Bonchev–Trinajstić information content (AvgIpc) is 2.38. The van der Waals surface area contributed by atoms with Gasteiger partial charge in [-0.15, -0.1) is 0 Å². The molecule has 1 aromatic rings. The van der Waals surface area contributed by atoms with E-state index in [9.17, 15) is 9.59 Å². The number of carbonyl (C=O) groups is 2. The van der Waals surface area contributed by atoms with Crippen molar-refractivity contribution in [1.29, 1.82) is 0 Å². The first-order chi connectivity index (χ1) is 8.60. The van der Waals surface area contributed by atoms with E-state index in [4.69, 9.17) is 5.73 Å². The van der Waals surface area contributed by atoms with Crippen molar-refractivity contribution in [2.24, 2.45) is 11.7 Å². The zero-order valence-electron chi connectivity index (χ0n) is 11.1. The fraction of sp³-hybridized carbons (Fsp3) is 0.467. The fourth-order valence-electron chi connectivity index (χ4n) is 2.16. The highest BCUT2D eigenvalue weighted by molar-refractivity contribution is 6.01. The van der Waals surface area contributed by atoms with Crippen LogP contribution >= 0.6 is 0 Å². The van der Waals surface area contributed by atoms with Crippen LogP contribution in [0.25, 0.3) is 0 Å². The third-order valence-corrected chi connectivity index (χ3v) is 3.08. The van der Waals surface area contributed by atoms with Crippen LogP contribution in [0.1, 0.15) is 60.2 Å². The normalized spacial score (nSPS) is 10.6. The second kappa shape index (κ2) is 6.94. The minimum atomic E-state index is -0.493. The summed E-state index contributed by atoms with van der Waals surface area (Å²) in [5, 5.41) is 0. The van der Waals surface area contributed by atoms with Gasteiger partial charge in [0.1, 0.15) is 0 Å². The van der Waals surface area contributed by atoms with Gasteiger partial charge in [0.15, 0.2) is 5.78 Å². The van der Waals surface area contributed by atoms with E-state index in [1.165, 1.54) is 0 Å². The highest BCUT2D eigenvalue weighted by atomic mass is 16.1. The van der Waals surface area contributed by atoms with Gasteiger partial charge in [-0.05, 0) is 25.0 Å². The van der Waals surface area contributed by atoms with Gasteiger partial charge in [-0.2, -0.15) is 0 Å². The Morgan fingerprint density at radius 2 is 1.67 bits per heavy atom. The number of hydrogen-bond acceptors (Lipinski definition) is 2. The van der Waals surface area contributed by atoms with Crippen molar-refractivity contribution < 1.29 is 9.59 Å². The summed E-state index contributed by atoms with van der Waals surface area (Å²) in [6.07, 6.45) is 3.78. The Kier molecular flexibility index (Phi) is 5.56. The molecule has 98 valence electrons. The highest BCUT2D eigenvalue weighted by Crippen LogP contribution is 2.20. The van der Waals surface area contributed by atoms with E-state index >= 15 is 0 Å². The van der Waals surface area contributed by atoms with Crippen LogP contribution in [0.15, 0.2) is 24.3 Å². The molecule has 0 saturated carbocycles. The smallest absolute Gasteiger partial charge is 0.248 e. The standard InChI is InChI=1S/C15H21NO2/c1-3-6-11(7-4-2)14(17)12-8-5-9-13(10-12)15(16)18/h5,8-11H,3-4,6-7H2,1-2H3,(H2,16,18). The number of nitrogens with two attached hydrogens (primary N) is 1. The maximum absolute atomic E-state index is 12.3. The van der Waals surface area contributed by atoms with E-state index in [-0.39, 0.29) is 11.7 Å². The Bertz CT molecular complexity index is 420. The fourth-order valence-corrected chi connectivity index (χ4v) is 2.16. The van der Waals surface area contributed by atoms with Crippen molar-refractivity contribution in [3.8, 4) is 0 Å². The Morgan fingerprint density at radius 1 is 1.11 bits per heavy atom. The van der Waals surface area contributed by atoms with Crippen LogP contribution in [0, 0.1) is 5.92 Å². The summed E-state index contributed by atoms with van der Waals surface area (Å²) < 4.78 is 0. The molecule has 3 heteroatoms. The molecule has 0 spiro atoms. The van der Waals surface area contributed by atoms with Gasteiger partial charge in [0.05, 0.1) is 0 Å². The lowest BCUT2D eigenvalue weighted by Crippen LogP contribution is -2.16. The Hall–Kier alpha value is -1.64. The minimum Gasteiger partial charge on any atom is -0.366 e. The minimum absolute atomic E-state index is 0.0585. The SMILES string of the molecule is CCCC(CCC)C(=O)c1cccc(C(N)=O)c1. The molecule has 0 unspecified atom stereocenters. The molecule has 0 radical (unpaired) electrons. The van der Waals surface area contributed by atoms with Crippen LogP contribution in [0.2, 0.25) is 0 Å². The second-order valence-corrected chi connectivity index (χ2v) is 4.58. The van der Waals surface area contributed by atoms with E-state index in [1.807, 2.05) is 0 Å². The molecular formula is C15H21NO2. The molecule has 0 saturated heterocycles. The topological polar surface area (TPSA) is 60.2 Å². The lowest BCUT2D eigenvalue weighted by atomic mass is 9.89. The number of ketones is 1. The Balaban J connectivity index is 2.93. The van der Waals surface area contributed by atoms with Crippen LogP contribution in [0.3, 0.4) is 0 Å². The summed E-state index contributed by atoms with van der Waals surface area (Å²) in [5.74, 6) is -0.308. The van der Waals surface area contributed by atoms with Crippen LogP contribution < -0.4 is 5.73 Å². The summed E-state index contributed by atoms with van der Waals surface area (Å²) in [7, 11) is 0. The Labute approximate surface area is 108 Å². The van der Waals surface area contributed by atoms with Crippen molar-refractivity contribution in [2.75, 3.05) is 0 Å². The average molecular weight is 247 g/mol. The molecule has 0 aliphatic carbocycles. The largest absolute Gasteiger partial charge is 0.366 e. The molecule has 3 nitrogen and oxygen atoms in total. The zero-order valence-corrected chi connectivity index (χ0v) is 11.1. The summed E-state index contributed by atoms with van der Waals surface area (Å²) >= 11 is 0. The van der Waals surface area contributed by atoms with Crippen molar-refractivity contribution in [3.63, 3.8) is 0 Å². The van der Waals surface area contributed by atoms with E-state index in [2.05, 4.69) is 13.8 Å². The first-order valence-electron chi connectivity index (χ1n) is 6.54. The lowest BCUT2D eigenvalue weighted by molar-refractivity contribution is 0.0905.